The first-order chi connectivity index (χ1) is 13.4. The van der Waals surface area contributed by atoms with Gasteiger partial charge >= 0.3 is 11.6 Å². The van der Waals surface area contributed by atoms with Gasteiger partial charge in [-0.15, -0.1) is 0 Å². The molecule has 1 atom stereocenters. The van der Waals surface area contributed by atoms with Crippen molar-refractivity contribution in [2.24, 2.45) is 0 Å². The molecule has 0 aliphatic rings. The highest BCUT2D eigenvalue weighted by atomic mass is 16.4. The van der Waals surface area contributed by atoms with Crippen LogP contribution in [-0.4, -0.2) is 22.1 Å². The summed E-state index contributed by atoms with van der Waals surface area (Å²) < 4.78 is 5.23. The zero-order valence-corrected chi connectivity index (χ0v) is 15.1. The van der Waals surface area contributed by atoms with Crippen LogP contribution in [0.15, 0.2) is 57.7 Å². The lowest BCUT2D eigenvalue weighted by Crippen LogP contribution is -2.34. The van der Waals surface area contributed by atoms with E-state index in [0.29, 0.717) is 22.1 Å². The molecule has 1 heterocycles. The second kappa shape index (κ2) is 7.96. The van der Waals surface area contributed by atoms with Crippen LogP contribution in [-0.2, 0) is 16.0 Å². The number of aliphatic carboxylic acids is 1. The van der Waals surface area contributed by atoms with E-state index in [2.05, 4.69) is 5.32 Å². The zero-order chi connectivity index (χ0) is 20.3. The second-order valence-corrected chi connectivity index (χ2v) is 6.42. The van der Waals surface area contributed by atoms with E-state index in [0.717, 1.165) is 0 Å². The SMILES string of the molecule is Cc1c(CCC(=O)N[C@H](C(=O)O)c2ccccc2)c(=O)oc2cc(O)ccc12. The van der Waals surface area contributed by atoms with Crippen LogP contribution in [0.5, 0.6) is 5.75 Å². The largest absolute Gasteiger partial charge is 0.508 e. The third-order valence-corrected chi connectivity index (χ3v) is 4.56. The van der Waals surface area contributed by atoms with Gasteiger partial charge < -0.3 is 19.9 Å². The normalized spacial score (nSPS) is 11.9. The van der Waals surface area contributed by atoms with Crippen molar-refractivity contribution in [2.75, 3.05) is 0 Å². The molecule has 0 radical (unpaired) electrons. The molecule has 0 saturated heterocycles. The van der Waals surface area contributed by atoms with Gasteiger partial charge in [0.05, 0.1) is 0 Å². The second-order valence-electron chi connectivity index (χ2n) is 6.42. The van der Waals surface area contributed by atoms with Gasteiger partial charge in [-0.1, -0.05) is 30.3 Å². The van der Waals surface area contributed by atoms with E-state index in [1.807, 2.05) is 0 Å². The minimum Gasteiger partial charge on any atom is -0.508 e. The van der Waals surface area contributed by atoms with Crippen molar-refractivity contribution in [1.29, 1.82) is 0 Å². The Kier molecular flexibility index (Phi) is 5.44. The van der Waals surface area contributed by atoms with E-state index in [4.69, 9.17) is 4.42 Å². The predicted octanol–water partition coefficient (Wildman–Crippen LogP) is 2.68. The van der Waals surface area contributed by atoms with Gasteiger partial charge in [0.15, 0.2) is 6.04 Å². The number of amides is 1. The summed E-state index contributed by atoms with van der Waals surface area (Å²) in [6, 6.07) is 11.7. The molecule has 2 aromatic carbocycles. The Bertz CT molecular complexity index is 1090. The van der Waals surface area contributed by atoms with Gasteiger partial charge in [-0.2, -0.15) is 0 Å². The lowest BCUT2D eigenvalue weighted by molar-refractivity contribution is -0.142. The van der Waals surface area contributed by atoms with E-state index in [9.17, 15) is 24.6 Å². The average molecular weight is 381 g/mol. The molecule has 3 aromatic rings. The maximum atomic E-state index is 12.3. The van der Waals surface area contributed by atoms with E-state index >= 15 is 0 Å². The fourth-order valence-electron chi connectivity index (χ4n) is 3.08. The van der Waals surface area contributed by atoms with Crippen LogP contribution in [0.4, 0.5) is 0 Å². The number of hydrogen-bond donors (Lipinski definition) is 3. The van der Waals surface area contributed by atoms with E-state index in [-0.39, 0.29) is 24.2 Å². The lowest BCUT2D eigenvalue weighted by Gasteiger charge is -2.15. The number of benzene rings is 2. The minimum atomic E-state index is -1.17. The topological polar surface area (TPSA) is 117 Å². The summed E-state index contributed by atoms with van der Waals surface area (Å²) in [6.45, 7) is 1.74. The molecule has 144 valence electrons. The van der Waals surface area contributed by atoms with Gasteiger partial charge in [0.1, 0.15) is 11.3 Å². The van der Waals surface area contributed by atoms with Gasteiger partial charge in [-0.3, -0.25) is 4.79 Å². The Morgan fingerprint density at radius 3 is 2.54 bits per heavy atom. The van der Waals surface area contributed by atoms with E-state index in [1.54, 1.807) is 43.3 Å². The molecule has 3 rings (SSSR count). The standard InChI is InChI=1S/C21H19NO6/c1-12-15-8-7-14(23)11-17(15)28-21(27)16(12)9-10-18(24)22-19(20(25)26)13-5-3-2-4-6-13/h2-8,11,19,23H,9-10H2,1H3,(H,22,24)(H,25,26)/t19-/m0/s1. The summed E-state index contributed by atoms with van der Waals surface area (Å²) in [5.74, 6) is -1.66. The van der Waals surface area contributed by atoms with Crippen LogP contribution in [0.1, 0.15) is 29.2 Å². The van der Waals surface area contributed by atoms with Gasteiger partial charge in [-0.05, 0) is 36.6 Å². The van der Waals surface area contributed by atoms with Gasteiger partial charge in [0, 0.05) is 23.4 Å². The third kappa shape index (κ3) is 4.03. The first-order valence-electron chi connectivity index (χ1n) is 8.69. The van der Waals surface area contributed by atoms with Crippen molar-refractivity contribution in [2.45, 2.75) is 25.8 Å². The third-order valence-electron chi connectivity index (χ3n) is 4.56. The molecule has 7 heteroatoms. The van der Waals surface area contributed by atoms with Crippen LogP contribution < -0.4 is 10.9 Å². The Hall–Kier alpha value is -3.61. The van der Waals surface area contributed by atoms with Crippen molar-refractivity contribution >= 4 is 22.8 Å². The number of rotatable bonds is 6. The van der Waals surface area contributed by atoms with Crippen molar-refractivity contribution < 1.29 is 24.2 Å². The molecule has 0 saturated carbocycles. The Balaban J connectivity index is 1.76. The van der Waals surface area contributed by atoms with Crippen LogP contribution in [0.2, 0.25) is 0 Å². The molecule has 1 amide bonds. The number of fused-ring (bicyclic) bond motifs is 1. The zero-order valence-electron chi connectivity index (χ0n) is 15.1. The summed E-state index contributed by atoms with van der Waals surface area (Å²) in [5.41, 5.74) is 1.16. The number of phenolic OH excluding ortho intramolecular Hbond substituents is 1. The highest BCUT2D eigenvalue weighted by Gasteiger charge is 2.22. The molecule has 0 fully saturated rings. The summed E-state index contributed by atoms with van der Waals surface area (Å²) in [7, 11) is 0. The number of aryl methyl sites for hydroxylation is 1. The molecule has 0 spiro atoms. The van der Waals surface area contributed by atoms with Crippen molar-refractivity contribution in [3.63, 3.8) is 0 Å². The molecule has 0 bridgehead atoms. The molecule has 28 heavy (non-hydrogen) atoms. The minimum absolute atomic E-state index is 0.0113. The Morgan fingerprint density at radius 1 is 1.14 bits per heavy atom. The van der Waals surface area contributed by atoms with Crippen molar-refractivity contribution in [1.82, 2.24) is 5.32 Å². The number of nitrogens with one attached hydrogen (secondary N) is 1. The van der Waals surface area contributed by atoms with E-state index in [1.165, 1.54) is 12.1 Å². The first kappa shape index (κ1) is 19.2. The Morgan fingerprint density at radius 2 is 1.86 bits per heavy atom. The number of carboxylic acid groups (broad SMARTS) is 1. The summed E-state index contributed by atoms with van der Waals surface area (Å²) in [4.78, 5) is 36.0. The average Bonchev–Trinajstić information content (AvgIpc) is 2.66. The van der Waals surface area contributed by atoms with Crippen LogP contribution >= 0.6 is 0 Å². The van der Waals surface area contributed by atoms with Crippen LogP contribution in [0.3, 0.4) is 0 Å². The molecule has 0 aliphatic heterocycles. The molecular formula is C21H19NO6. The number of phenols is 1. The van der Waals surface area contributed by atoms with Gasteiger partial charge in [0.25, 0.3) is 0 Å². The highest BCUT2D eigenvalue weighted by molar-refractivity contribution is 5.85. The molecule has 0 unspecified atom stereocenters. The number of carbonyl (C=O) groups is 2. The predicted molar refractivity (Wildman–Crippen MR) is 102 cm³/mol. The maximum absolute atomic E-state index is 12.3. The van der Waals surface area contributed by atoms with Crippen LogP contribution in [0, 0.1) is 6.92 Å². The van der Waals surface area contributed by atoms with Crippen LogP contribution in [0.25, 0.3) is 11.0 Å². The van der Waals surface area contributed by atoms with Gasteiger partial charge in [-0.25, -0.2) is 9.59 Å². The van der Waals surface area contributed by atoms with Crippen molar-refractivity contribution in [3.05, 3.63) is 75.6 Å². The number of aromatic hydroxyl groups is 1. The Labute approximate surface area is 160 Å². The quantitative estimate of drug-likeness (QED) is 0.565. The fraction of sp³-hybridized carbons (Fsp3) is 0.190. The summed E-state index contributed by atoms with van der Waals surface area (Å²) >= 11 is 0. The summed E-state index contributed by atoms with van der Waals surface area (Å²) in [6.07, 6.45) is 0.0454. The molecular weight excluding hydrogens is 362 g/mol. The number of carboxylic acids is 1. The first-order valence-corrected chi connectivity index (χ1v) is 8.69. The maximum Gasteiger partial charge on any atom is 0.339 e. The number of carbonyl (C=O) groups excluding carboxylic acids is 1. The monoisotopic (exact) mass is 381 g/mol. The number of hydrogen-bond acceptors (Lipinski definition) is 5. The molecule has 3 N–H and O–H groups in total. The highest BCUT2D eigenvalue weighted by Crippen LogP contribution is 2.24. The lowest BCUT2D eigenvalue weighted by atomic mass is 10.0. The van der Waals surface area contributed by atoms with Crippen molar-refractivity contribution in [3.8, 4) is 5.75 Å². The molecule has 0 aliphatic carbocycles. The molecule has 1 aromatic heterocycles. The smallest absolute Gasteiger partial charge is 0.339 e. The summed E-state index contributed by atoms with van der Waals surface area (Å²) in [5, 5.41) is 22.1. The van der Waals surface area contributed by atoms with E-state index < -0.39 is 23.5 Å². The molecule has 7 nitrogen and oxygen atoms in total. The fourth-order valence-corrected chi connectivity index (χ4v) is 3.08. The van der Waals surface area contributed by atoms with Gasteiger partial charge in [0.2, 0.25) is 5.91 Å².